The highest BCUT2D eigenvalue weighted by atomic mass is 16.2. The van der Waals surface area contributed by atoms with Gasteiger partial charge in [0.2, 0.25) is 11.8 Å². The Morgan fingerprint density at radius 3 is 2.88 bits per heavy atom. The molecule has 0 unspecified atom stereocenters. The summed E-state index contributed by atoms with van der Waals surface area (Å²) in [5.74, 6) is -0.164. The van der Waals surface area contributed by atoms with Crippen LogP contribution in [0.1, 0.15) is 5.56 Å². The van der Waals surface area contributed by atoms with Crippen LogP contribution in [0.3, 0.4) is 0 Å². The monoisotopic (exact) mass is 233 g/mol. The number of nitrogens with two attached hydrogens (primary N) is 1. The Labute approximate surface area is 99.6 Å². The first kappa shape index (κ1) is 11.4. The van der Waals surface area contributed by atoms with Crippen molar-refractivity contribution in [3.05, 3.63) is 29.8 Å². The third kappa shape index (κ3) is 2.75. The summed E-state index contributed by atoms with van der Waals surface area (Å²) < 4.78 is 0. The second-order valence-corrected chi connectivity index (χ2v) is 4.04. The molecule has 1 saturated heterocycles. The molecule has 2 amide bonds. The van der Waals surface area contributed by atoms with Crippen molar-refractivity contribution < 1.29 is 9.59 Å². The normalized spacial score (nSPS) is 15.5. The van der Waals surface area contributed by atoms with Gasteiger partial charge in [-0.1, -0.05) is 18.2 Å². The van der Waals surface area contributed by atoms with E-state index in [4.69, 9.17) is 5.73 Å². The molecule has 1 aliphatic rings. The summed E-state index contributed by atoms with van der Waals surface area (Å²) in [6, 6.07) is 7.28. The Hall–Kier alpha value is -2.04. The summed E-state index contributed by atoms with van der Waals surface area (Å²) in [7, 11) is 0. The number of nitrogens with zero attached hydrogens (tertiary/aromatic N) is 1. The van der Waals surface area contributed by atoms with E-state index in [1.807, 2.05) is 18.2 Å². The predicted molar refractivity (Wildman–Crippen MR) is 64.1 cm³/mol. The quantitative estimate of drug-likeness (QED) is 0.693. The lowest BCUT2D eigenvalue weighted by Crippen LogP contribution is -2.50. The van der Waals surface area contributed by atoms with Gasteiger partial charge in [-0.25, -0.2) is 0 Å². The summed E-state index contributed by atoms with van der Waals surface area (Å²) in [4.78, 5) is 24.7. The van der Waals surface area contributed by atoms with Gasteiger partial charge in [-0.2, -0.15) is 0 Å². The fraction of sp³-hybridized carbons (Fsp3) is 0.333. The van der Waals surface area contributed by atoms with Gasteiger partial charge in [-0.05, 0) is 11.6 Å². The highest BCUT2D eigenvalue weighted by Crippen LogP contribution is 2.12. The first-order chi connectivity index (χ1) is 8.16. The molecule has 1 aromatic rings. The molecular weight excluding hydrogens is 218 g/mol. The number of anilines is 1. The molecule has 2 rings (SSSR count). The standard InChI is InChI=1S/C12H15N3O2/c13-10-4-2-1-3-9(10)7-12(17)15-6-5-14-11(16)8-15/h1-4H,5-8,13H2,(H,14,16). The van der Waals surface area contributed by atoms with E-state index in [2.05, 4.69) is 5.32 Å². The van der Waals surface area contributed by atoms with E-state index in [1.54, 1.807) is 11.0 Å². The molecule has 1 heterocycles. The third-order valence-electron chi connectivity index (χ3n) is 2.79. The Balaban J connectivity index is 2.02. The second kappa shape index (κ2) is 4.86. The maximum atomic E-state index is 12.0. The molecule has 0 radical (unpaired) electrons. The van der Waals surface area contributed by atoms with Crippen LogP contribution < -0.4 is 11.1 Å². The average molecular weight is 233 g/mol. The zero-order chi connectivity index (χ0) is 12.3. The summed E-state index contributed by atoms with van der Waals surface area (Å²) in [5.41, 5.74) is 7.20. The van der Waals surface area contributed by atoms with Crippen molar-refractivity contribution in [1.29, 1.82) is 0 Å². The molecule has 0 spiro atoms. The van der Waals surface area contributed by atoms with Crippen molar-refractivity contribution in [2.45, 2.75) is 6.42 Å². The van der Waals surface area contributed by atoms with Crippen LogP contribution in [0.15, 0.2) is 24.3 Å². The molecule has 5 heteroatoms. The van der Waals surface area contributed by atoms with Crippen LogP contribution >= 0.6 is 0 Å². The number of nitrogen functional groups attached to an aromatic ring is 1. The summed E-state index contributed by atoms with van der Waals surface area (Å²) in [6.07, 6.45) is 0.250. The summed E-state index contributed by atoms with van der Waals surface area (Å²) >= 11 is 0. The topological polar surface area (TPSA) is 75.4 Å². The van der Waals surface area contributed by atoms with Crippen LogP contribution in [0.5, 0.6) is 0 Å². The number of nitrogens with one attached hydrogen (secondary N) is 1. The van der Waals surface area contributed by atoms with Crippen LogP contribution in [0.2, 0.25) is 0 Å². The number of rotatable bonds is 2. The molecule has 0 aromatic heterocycles. The number of hydrogen-bond donors (Lipinski definition) is 2. The first-order valence-corrected chi connectivity index (χ1v) is 5.54. The van der Waals surface area contributed by atoms with Crippen LogP contribution in [-0.2, 0) is 16.0 Å². The smallest absolute Gasteiger partial charge is 0.239 e. The number of carbonyl (C=O) groups excluding carboxylic acids is 2. The lowest BCUT2D eigenvalue weighted by molar-refractivity contribution is -0.137. The van der Waals surface area contributed by atoms with Crippen molar-refractivity contribution in [3.63, 3.8) is 0 Å². The van der Waals surface area contributed by atoms with E-state index in [0.717, 1.165) is 5.56 Å². The van der Waals surface area contributed by atoms with Gasteiger partial charge in [0.25, 0.3) is 0 Å². The highest BCUT2D eigenvalue weighted by molar-refractivity contribution is 5.87. The van der Waals surface area contributed by atoms with Crippen molar-refractivity contribution in [1.82, 2.24) is 10.2 Å². The minimum atomic E-state index is -0.106. The number of para-hydroxylation sites is 1. The van der Waals surface area contributed by atoms with Crippen LogP contribution in [0, 0.1) is 0 Å². The molecule has 17 heavy (non-hydrogen) atoms. The second-order valence-electron chi connectivity index (χ2n) is 4.04. The van der Waals surface area contributed by atoms with Gasteiger partial charge in [-0.15, -0.1) is 0 Å². The number of amides is 2. The molecular formula is C12H15N3O2. The molecule has 0 saturated carbocycles. The molecule has 5 nitrogen and oxygen atoms in total. The zero-order valence-electron chi connectivity index (χ0n) is 9.48. The van der Waals surface area contributed by atoms with E-state index in [1.165, 1.54) is 0 Å². The summed E-state index contributed by atoms with van der Waals surface area (Å²) in [5, 5.41) is 2.68. The average Bonchev–Trinajstić information content (AvgIpc) is 2.32. The maximum absolute atomic E-state index is 12.0. The molecule has 1 fully saturated rings. The van der Waals surface area contributed by atoms with Gasteiger partial charge >= 0.3 is 0 Å². The maximum Gasteiger partial charge on any atom is 0.239 e. The Kier molecular flexibility index (Phi) is 3.27. The Bertz CT molecular complexity index is 445. The van der Waals surface area contributed by atoms with E-state index < -0.39 is 0 Å². The molecule has 90 valence electrons. The van der Waals surface area contributed by atoms with Gasteiger partial charge in [0.05, 0.1) is 13.0 Å². The largest absolute Gasteiger partial charge is 0.398 e. The van der Waals surface area contributed by atoms with Crippen molar-refractivity contribution >= 4 is 17.5 Å². The predicted octanol–water partition coefficient (Wildman–Crippen LogP) is -0.230. The van der Waals surface area contributed by atoms with Gasteiger partial charge in [0, 0.05) is 18.8 Å². The molecule has 0 atom stereocenters. The molecule has 1 aromatic carbocycles. The van der Waals surface area contributed by atoms with Crippen LogP contribution in [0.4, 0.5) is 5.69 Å². The highest BCUT2D eigenvalue weighted by Gasteiger charge is 2.21. The molecule has 3 N–H and O–H groups in total. The Morgan fingerprint density at radius 2 is 2.18 bits per heavy atom. The number of benzene rings is 1. The third-order valence-corrected chi connectivity index (χ3v) is 2.79. The minimum Gasteiger partial charge on any atom is -0.398 e. The Morgan fingerprint density at radius 1 is 1.41 bits per heavy atom. The SMILES string of the molecule is Nc1ccccc1CC(=O)N1CCNC(=O)C1. The van der Waals surface area contributed by atoms with Crippen LogP contribution in [0.25, 0.3) is 0 Å². The van der Waals surface area contributed by atoms with E-state index in [9.17, 15) is 9.59 Å². The van der Waals surface area contributed by atoms with E-state index in [-0.39, 0.29) is 24.8 Å². The van der Waals surface area contributed by atoms with E-state index >= 15 is 0 Å². The van der Waals surface area contributed by atoms with Crippen molar-refractivity contribution in [2.24, 2.45) is 0 Å². The number of piperazine rings is 1. The van der Waals surface area contributed by atoms with Crippen molar-refractivity contribution in [3.8, 4) is 0 Å². The minimum absolute atomic E-state index is 0.0576. The first-order valence-electron chi connectivity index (χ1n) is 5.54. The molecule has 0 bridgehead atoms. The van der Waals surface area contributed by atoms with Gasteiger partial charge < -0.3 is 16.0 Å². The lowest BCUT2D eigenvalue weighted by atomic mass is 10.1. The lowest BCUT2D eigenvalue weighted by Gasteiger charge is -2.26. The zero-order valence-corrected chi connectivity index (χ0v) is 9.48. The number of hydrogen-bond acceptors (Lipinski definition) is 3. The number of carbonyl (C=O) groups is 2. The molecule has 0 aliphatic carbocycles. The fourth-order valence-electron chi connectivity index (χ4n) is 1.82. The molecule has 1 aliphatic heterocycles. The van der Waals surface area contributed by atoms with Crippen molar-refractivity contribution in [2.75, 3.05) is 25.4 Å². The van der Waals surface area contributed by atoms with Gasteiger partial charge in [0.15, 0.2) is 0 Å². The summed E-state index contributed by atoms with van der Waals surface area (Å²) in [6.45, 7) is 1.23. The fourth-order valence-corrected chi connectivity index (χ4v) is 1.82. The van der Waals surface area contributed by atoms with Crippen LogP contribution in [-0.4, -0.2) is 36.3 Å². The van der Waals surface area contributed by atoms with E-state index in [0.29, 0.717) is 18.8 Å². The van der Waals surface area contributed by atoms with Gasteiger partial charge in [0.1, 0.15) is 0 Å². The van der Waals surface area contributed by atoms with Gasteiger partial charge in [-0.3, -0.25) is 9.59 Å².